The van der Waals surface area contributed by atoms with E-state index in [0.717, 1.165) is 11.3 Å². The van der Waals surface area contributed by atoms with Gasteiger partial charge >= 0.3 is 5.97 Å². The molecule has 5 nitrogen and oxygen atoms in total. The lowest BCUT2D eigenvalue weighted by atomic mass is 10.2. The molecule has 0 aliphatic heterocycles. The molecule has 1 rings (SSSR count). The topological polar surface area (TPSA) is 75.6 Å². The zero-order chi connectivity index (χ0) is 13.4. The van der Waals surface area contributed by atoms with Crippen LogP contribution in [0.5, 0.6) is 5.75 Å². The number of amides is 1. The molecule has 0 radical (unpaired) electrons. The van der Waals surface area contributed by atoms with Crippen LogP contribution in [0.3, 0.4) is 0 Å². The Bertz CT molecular complexity index is 454. The number of rotatable bonds is 6. The molecular weight excluding hydrogens is 234 g/mol. The van der Waals surface area contributed by atoms with Crippen LogP contribution in [0.2, 0.25) is 0 Å². The predicted molar refractivity (Wildman–Crippen MR) is 67.3 cm³/mol. The average molecular weight is 249 g/mol. The first-order chi connectivity index (χ1) is 8.61. The highest BCUT2D eigenvalue weighted by Crippen LogP contribution is 2.14. The van der Waals surface area contributed by atoms with Gasteiger partial charge in [0.1, 0.15) is 12.3 Å². The standard InChI is InChI=1S/C13H15NO4/c1-2-18-11-5-3-4-10(8-11)6-7-12(15)14-9-13(16)17/h3-8H,2,9H2,1H3,(H,14,15)(H,16,17). The van der Waals surface area contributed by atoms with Gasteiger partial charge in [-0.15, -0.1) is 0 Å². The van der Waals surface area contributed by atoms with Crippen molar-refractivity contribution in [1.82, 2.24) is 5.32 Å². The van der Waals surface area contributed by atoms with E-state index in [2.05, 4.69) is 5.32 Å². The molecule has 0 saturated heterocycles. The van der Waals surface area contributed by atoms with Crippen molar-refractivity contribution in [3.63, 3.8) is 0 Å². The highest BCUT2D eigenvalue weighted by atomic mass is 16.5. The largest absolute Gasteiger partial charge is 0.494 e. The summed E-state index contributed by atoms with van der Waals surface area (Å²) in [5.41, 5.74) is 0.812. The minimum Gasteiger partial charge on any atom is -0.494 e. The van der Waals surface area contributed by atoms with E-state index in [1.807, 2.05) is 25.1 Å². The summed E-state index contributed by atoms with van der Waals surface area (Å²) in [5, 5.41) is 10.6. The molecule has 0 bridgehead atoms. The number of carboxylic acid groups (broad SMARTS) is 1. The molecule has 1 amide bonds. The normalized spacial score (nSPS) is 10.3. The molecular formula is C13H15NO4. The molecule has 0 atom stereocenters. The number of hydrogen-bond donors (Lipinski definition) is 2. The number of nitrogens with one attached hydrogen (secondary N) is 1. The van der Waals surface area contributed by atoms with E-state index in [-0.39, 0.29) is 6.54 Å². The van der Waals surface area contributed by atoms with Crippen LogP contribution in [0.15, 0.2) is 30.3 Å². The van der Waals surface area contributed by atoms with Crippen molar-refractivity contribution in [3.05, 3.63) is 35.9 Å². The lowest BCUT2D eigenvalue weighted by Gasteiger charge is -2.03. The van der Waals surface area contributed by atoms with Crippen LogP contribution in [0.1, 0.15) is 12.5 Å². The Morgan fingerprint density at radius 1 is 1.44 bits per heavy atom. The molecule has 0 unspecified atom stereocenters. The van der Waals surface area contributed by atoms with Gasteiger partial charge in [0.15, 0.2) is 0 Å². The molecule has 0 fully saturated rings. The summed E-state index contributed by atoms with van der Waals surface area (Å²) in [7, 11) is 0. The van der Waals surface area contributed by atoms with Gasteiger partial charge in [0, 0.05) is 6.08 Å². The van der Waals surface area contributed by atoms with E-state index in [1.165, 1.54) is 6.08 Å². The number of hydrogen-bond acceptors (Lipinski definition) is 3. The third kappa shape index (κ3) is 5.16. The fraction of sp³-hybridized carbons (Fsp3) is 0.231. The summed E-state index contributed by atoms with van der Waals surface area (Å²) in [6.45, 7) is 2.08. The number of ether oxygens (including phenoxy) is 1. The SMILES string of the molecule is CCOc1cccc(C=CC(=O)NCC(=O)O)c1. The summed E-state index contributed by atoms with van der Waals surface area (Å²) in [4.78, 5) is 21.5. The Hall–Kier alpha value is -2.30. The van der Waals surface area contributed by atoms with Gasteiger partial charge in [0.25, 0.3) is 0 Å². The van der Waals surface area contributed by atoms with Crippen LogP contribution >= 0.6 is 0 Å². The Balaban J connectivity index is 2.57. The minimum atomic E-state index is -1.07. The van der Waals surface area contributed by atoms with Crippen molar-refractivity contribution in [2.45, 2.75) is 6.92 Å². The van der Waals surface area contributed by atoms with Crippen molar-refractivity contribution in [2.75, 3.05) is 13.2 Å². The zero-order valence-corrected chi connectivity index (χ0v) is 10.1. The van der Waals surface area contributed by atoms with Crippen molar-refractivity contribution in [1.29, 1.82) is 0 Å². The summed E-state index contributed by atoms with van der Waals surface area (Å²) < 4.78 is 5.32. The van der Waals surface area contributed by atoms with Crippen LogP contribution < -0.4 is 10.1 Å². The number of carbonyl (C=O) groups excluding carboxylic acids is 1. The second-order valence-corrected chi connectivity index (χ2v) is 3.45. The first-order valence-electron chi connectivity index (χ1n) is 5.52. The van der Waals surface area contributed by atoms with E-state index < -0.39 is 11.9 Å². The van der Waals surface area contributed by atoms with Gasteiger partial charge in [-0.05, 0) is 30.7 Å². The number of aliphatic carboxylic acids is 1. The Morgan fingerprint density at radius 3 is 2.89 bits per heavy atom. The summed E-state index contributed by atoms with van der Waals surface area (Å²) >= 11 is 0. The number of benzene rings is 1. The third-order valence-corrected chi connectivity index (χ3v) is 2.01. The monoisotopic (exact) mass is 249 g/mol. The van der Waals surface area contributed by atoms with Crippen molar-refractivity contribution < 1.29 is 19.4 Å². The van der Waals surface area contributed by atoms with Crippen LogP contribution in [0.4, 0.5) is 0 Å². The van der Waals surface area contributed by atoms with E-state index in [1.54, 1.807) is 12.1 Å². The summed E-state index contributed by atoms with van der Waals surface area (Å²) in [6, 6.07) is 7.26. The van der Waals surface area contributed by atoms with Crippen LogP contribution in [0, 0.1) is 0 Å². The maximum absolute atomic E-state index is 11.2. The van der Waals surface area contributed by atoms with Gasteiger partial charge in [0.05, 0.1) is 6.61 Å². The van der Waals surface area contributed by atoms with Crippen LogP contribution in [-0.2, 0) is 9.59 Å². The summed E-state index contributed by atoms with van der Waals surface area (Å²) in [5.74, 6) is -0.792. The van der Waals surface area contributed by atoms with Crippen molar-refractivity contribution >= 4 is 18.0 Å². The van der Waals surface area contributed by atoms with Gasteiger partial charge in [-0.1, -0.05) is 12.1 Å². The van der Waals surface area contributed by atoms with Gasteiger partial charge in [-0.25, -0.2) is 0 Å². The molecule has 0 aromatic heterocycles. The fourth-order valence-electron chi connectivity index (χ4n) is 1.27. The van der Waals surface area contributed by atoms with Crippen molar-refractivity contribution in [2.24, 2.45) is 0 Å². The van der Waals surface area contributed by atoms with Gasteiger partial charge < -0.3 is 15.2 Å². The number of carbonyl (C=O) groups is 2. The smallest absolute Gasteiger partial charge is 0.322 e. The first-order valence-corrected chi connectivity index (χ1v) is 5.52. The Morgan fingerprint density at radius 2 is 2.22 bits per heavy atom. The summed E-state index contributed by atoms with van der Waals surface area (Å²) in [6.07, 6.45) is 2.88. The Labute approximate surface area is 105 Å². The first kappa shape index (κ1) is 13.8. The van der Waals surface area contributed by atoms with E-state index in [0.29, 0.717) is 6.61 Å². The third-order valence-electron chi connectivity index (χ3n) is 2.01. The quantitative estimate of drug-likeness (QED) is 0.745. The van der Waals surface area contributed by atoms with Crippen molar-refractivity contribution in [3.8, 4) is 5.75 Å². The van der Waals surface area contributed by atoms with Crippen LogP contribution in [-0.4, -0.2) is 30.1 Å². The Kier molecular flexibility index (Phi) is 5.44. The molecule has 1 aromatic rings. The maximum Gasteiger partial charge on any atom is 0.322 e. The highest BCUT2D eigenvalue weighted by molar-refractivity contribution is 5.93. The fourth-order valence-corrected chi connectivity index (χ4v) is 1.27. The lowest BCUT2D eigenvalue weighted by molar-refractivity contribution is -0.137. The van der Waals surface area contributed by atoms with Gasteiger partial charge in [-0.3, -0.25) is 9.59 Å². The molecule has 5 heteroatoms. The molecule has 0 saturated carbocycles. The molecule has 2 N–H and O–H groups in total. The predicted octanol–water partition coefficient (Wildman–Crippen LogP) is 1.30. The van der Waals surface area contributed by atoms with E-state index in [9.17, 15) is 9.59 Å². The molecule has 0 aliphatic rings. The average Bonchev–Trinajstić information content (AvgIpc) is 2.35. The second kappa shape index (κ2) is 7.11. The molecule has 0 spiro atoms. The molecule has 0 aliphatic carbocycles. The minimum absolute atomic E-state index is 0.387. The van der Waals surface area contributed by atoms with Gasteiger partial charge in [-0.2, -0.15) is 0 Å². The highest BCUT2D eigenvalue weighted by Gasteiger charge is 1.99. The molecule has 1 aromatic carbocycles. The molecule has 0 heterocycles. The van der Waals surface area contributed by atoms with E-state index >= 15 is 0 Å². The lowest BCUT2D eigenvalue weighted by Crippen LogP contribution is -2.27. The van der Waals surface area contributed by atoms with Crippen LogP contribution in [0.25, 0.3) is 6.08 Å². The molecule has 96 valence electrons. The maximum atomic E-state index is 11.2. The molecule has 18 heavy (non-hydrogen) atoms. The van der Waals surface area contributed by atoms with Gasteiger partial charge in [0.2, 0.25) is 5.91 Å². The second-order valence-electron chi connectivity index (χ2n) is 3.45. The number of carboxylic acids is 1. The zero-order valence-electron chi connectivity index (χ0n) is 10.1. The van der Waals surface area contributed by atoms with E-state index in [4.69, 9.17) is 9.84 Å².